The summed E-state index contributed by atoms with van der Waals surface area (Å²) in [7, 11) is 0. The number of rotatable bonds is 7. The number of hydrogen-bond donors (Lipinski definition) is 1. The van der Waals surface area contributed by atoms with Crippen molar-refractivity contribution < 1.29 is 0 Å². The number of thiophene rings is 1. The molecule has 4 heteroatoms. The Morgan fingerprint density at radius 2 is 2.20 bits per heavy atom. The molecule has 2 aromatic rings. The summed E-state index contributed by atoms with van der Waals surface area (Å²) in [5.74, 6) is 0. The molecule has 0 aliphatic rings. The van der Waals surface area contributed by atoms with Gasteiger partial charge in [-0.15, -0.1) is 0 Å². The van der Waals surface area contributed by atoms with Gasteiger partial charge in [-0.2, -0.15) is 11.3 Å². The van der Waals surface area contributed by atoms with Gasteiger partial charge in [0.15, 0.2) is 0 Å². The molecule has 0 bridgehead atoms. The summed E-state index contributed by atoms with van der Waals surface area (Å²) in [6.07, 6.45) is 3.35. The van der Waals surface area contributed by atoms with Crippen molar-refractivity contribution in [3.05, 3.63) is 55.6 Å². The molecule has 0 saturated carbocycles. The highest BCUT2D eigenvalue weighted by molar-refractivity contribution is 9.10. The highest BCUT2D eigenvalue weighted by Crippen LogP contribution is 2.28. The van der Waals surface area contributed by atoms with Gasteiger partial charge in [-0.3, -0.25) is 0 Å². The maximum atomic E-state index is 6.08. The summed E-state index contributed by atoms with van der Waals surface area (Å²) < 4.78 is 0.968. The van der Waals surface area contributed by atoms with E-state index in [1.54, 1.807) is 11.3 Å². The molecule has 1 nitrogen and oxygen atoms in total. The molecule has 1 heterocycles. The molecule has 108 valence electrons. The fourth-order valence-corrected chi connectivity index (χ4v) is 3.40. The Kier molecular flexibility index (Phi) is 6.56. The average Bonchev–Trinajstić information content (AvgIpc) is 2.95. The molecule has 20 heavy (non-hydrogen) atoms. The summed E-state index contributed by atoms with van der Waals surface area (Å²) >= 11 is 11.4. The van der Waals surface area contributed by atoms with Crippen molar-refractivity contribution in [2.75, 3.05) is 6.54 Å². The van der Waals surface area contributed by atoms with Crippen LogP contribution >= 0.6 is 38.9 Å². The van der Waals surface area contributed by atoms with E-state index in [0.29, 0.717) is 6.04 Å². The highest BCUT2D eigenvalue weighted by atomic mass is 79.9. The lowest BCUT2D eigenvalue weighted by Gasteiger charge is -2.19. The van der Waals surface area contributed by atoms with E-state index in [1.165, 1.54) is 11.1 Å². The van der Waals surface area contributed by atoms with Crippen LogP contribution in [0.4, 0.5) is 0 Å². The molecular weight excluding hydrogens is 354 g/mol. The molecule has 1 unspecified atom stereocenters. The maximum Gasteiger partial charge on any atom is 0.0548 e. The minimum absolute atomic E-state index is 0.378. The third kappa shape index (κ3) is 4.59. The lowest BCUT2D eigenvalue weighted by molar-refractivity contribution is 0.499. The predicted octanol–water partition coefficient (Wildman–Crippen LogP) is 5.84. The smallest absolute Gasteiger partial charge is 0.0548 e. The number of nitrogens with one attached hydrogen (secondary N) is 1. The summed E-state index contributed by atoms with van der Waals surface area (Å²) in [5, 5.41) is 8.77. The molecule has 0 fully saturated rings. The van der Waals surface area contributed by atoms with Gasteiger partial charge >= 0.3 is 0 Å². The molecule has 2 rings (SSSR count). The van der Waals surface area contributed by atoms with Crippen molar-refractivity contribution in [1.29, 1.82) is 0 Å². The highest BCUT2D eigenvalue weighted by Gasteiger charge is 2.12. The van der Waals surface area contributed by atoms with Gasteiger partial charge in [0, 0.05) is 10.5 Å². The first kappa shape index (κ1) is 16.0. The molecule has 1 N–H and O–H groups in total. The average molecular weight is 373 g/mol. The van der Waals surface area contributed by atoms with Crippen LogP contribution in [0.3, 0.4) is 0 Å². The summed E-state index contributed by atoms with van der Waals surface area (Å²) in [5.41, 5.74) is 2.72. The third-order valence-electron chi connectivity index (χ3n) is 3.29. The molecule has 1 aromatic carbocycles. The van der Waals surface area contributed by atoms with Crippen molar-refractivity contribution >= 4 is 38.9 Å². The van der Waals surface area contributed by atoms with Gasteiger partial charge in [-0.05, 0) is 81.8 Å². The van der Waals surface area contributed by atoms with Crippen molar-refractivity contribution in [3.63, 3.8) is 0 Å². The molecule has 0 spiro atoms. The van der Waals surface area contributed by atoms with Gasteiger partial charge in [0.05, 0.1) is 5.02 Å². The lowest BCUT2D eigenvalue weighted by atomic mass is 10.00. The zero-order chi connectivity index (χ0) is 14.4. The summed E-state index contributed by atoms with van der Waals surface area (Å²) in [4.78, 5) is 0. The van der Waals surface area contributed by atoms with Crippen molar-refractivity contribution in [3.8, 4) is 0 Å². The van der Waals surface area contributed by atoms with Gasteiger partial charge < -0.3 is 5.32 Å². The van der Waals surface area contributed by atoms with Crippen molar-refractivity contribution in [1.82, 2.24) is 5.32 Å². The first-order valence-electron chi connectivity index (χ1n) is 6.90. The van der Waals surface area contributed by atoms with Crippen LogP contribution in [-0.4, -0.2) is 6.54 Å². The van der Waals surface area contributed by atoms with Crippen LogP contribution < -0.4 is 5.32 Å². The van der Waals surface area contributed by atoms with Gasteiger partial charge in [-0.25, -0.2) is 0 Å². The van der Waals surface area contributed by atoms with E-state index >= 15 is 0 Å². The number of hydrogen-bond acceptors (Lipinski definition) is 2. The van der Waals surface area contributed by atoms with Crippen LogP contribution in [0, 0.1) is 0 Å². The van der Waals surface area contributed by atoms with Gasteiger partial charge in [0.25, 0.3) is 0 Å². The molecule has 1 aromatic heterocycles. The van der Waals surface area contributed by atoms with Crippen molar-refractivity contribution in [2.45, 2.75) is 32.2 Å². The number of benzene rings is 1. The Balaban J connectivity index is 2.07. The van der Waals surface area contributed by atoms with Crippen LogP contribution in [0.2, 0.25) is 5.02 Å². The Labute approximate surface area is 138 Å². The Bertz CT molecular complexity index is 527. The second kappa shape index (κ2) is 8.18. The van der Waals surface area contributed by atoms with E-state index in [2.05, 4.69) is 57.1 Å². The number of aryl methyl sites for hydroxylation is 1. The fraction of sp³-hybridized carbons (Fsp3) is 0.375. The standard InChI is InChI=1S/C16H19BrClNS/c1-2-8-19-16(6-3-12-7-9-20-11-12)13-4-5-15(18)14(17)10-13/h4-5,7,9-11,16,19H,2-3,6,8H2,1H3. The fourth-order valence-electron chi connectivity index (χ4n) is 2.18. The molecule has 0 aliphatic carbocycles. The van der Waals surface area contributed by atoms with Crippen LogP contribution in [0.5, 0.6) is 0 Å². The minimum Gasteiger partial charge on any atom is -0.310 e. The van der Waals surface area contributed by atoms with E-state index in [1.807, 2.05) is 6.07 Å². The SMILES string of the molecule is CCCNC(CCc1ccsc1)c1ccc(Cl)c(Br)c1. The Morgan fingerprint density at radius 1 is 1.35 bits per heavy atom. The largest absolute Gasteiger partial charge is 0.310 e. The monoisotopic (exact) mass is 371 g/mol. The van der Waals surface area contributed by atoms with E-state index < -0.39 is 0 Å². The van der Waals surface area contributed by atoms with Crippen LogP contribution in [-0.2, 0) is 6.42 Å². The van der Waals surface area contributed by atoms with Gasteiger partial charge in [-0.1, -0.05) is 24.6 Å². The zero-order valence-corrected chi connectivity index (χ0v) is 14.7. The van der Waals surface area contributed by atoms with E-state index in [4.69, 9.17) is 11.6 Å². The molecular formula is C16H19BrClNS. The van der Waals surface area contributed by atoms with Crippen LogP contribution in [0.25, 0.3) is 0 Å². The van der Waals surface area contributed by atoms with Gasteiger partial charge in [0.2, 0.25) is 0 Å². The summed E-state index contributed by atoms with van der Waals surface area (Å²) in [6, 6.07) is 8.80. The van der Waals surface area contributed by atoms with E-state index in [-0.39, 0.29) is 0 Å². The van der Waals surface area contributed by atoms with Crippen LogP contribution in [0.1, 0.15) is 36.9 Å². The quantitative estimate of drug-likeness (QED) is 0.644. The van der Waals surface area contributed by atoms with Crippen molar-refractivity contribution in [2.24, 2.45) is 0 Å². The second-order valence-electron chi connectivity index (χ2n) is 4.85. The normalized spacial score (nSPS) is 12.6. The molecule has 0 radical (unpaired) electrons. The Morgan fingerprint density at radius 3 is 2.85 bits per heavy atom. The summed E-state index contributed by atoms with van der Waals surface area (Å²) in [6.45, 7) is 3.23. The molecule has 0 amide bonds. The third-order valence-corrected chi connectivity index (χ3v) is 5.23. The topological polar surface area (TPSA) is 12.0 Å². The van der Waals surface area contributed by atoms with E-state index in [9.17, 15) is 0 Å². The first-order valence-corrected chi connectivity index (χ1v) is 9.01. The minimum atomic E-state index is 0.378. The number of halogens is 2. The molecule has 0 saturated heterocycles. The molecule has 0 aliphatic heterocycles. The maximum absolute atomic E-state index is 6.08. The van der Waals surface area contributed by atoms with Crippen LogP contribution in [0.15, 0.2) is 39.5 Å². The molecule has 1 atom stereocenters. The van der Waals surface area contributed by atoms with Gasteiger partial charge in [0.1, 0.15) is 0 Å². The Hall–Kier alpha value is -0.350. The second-order valence-corrected chi connectivity index (χ2v) is 6.89. The van der Waals surface area contributed by atoms with E-state index in [0.717, 1.165) is 35.3 Å². The lowest BCUT2D eigenvalue weighted by Crippen LogP contribution is -2.22. The zero-order valence-electron chi connectivity index (χ0n) is 11.5. The predicted molar refractivity (Wildman–Crippen MR) is 92.8 cm³/mol. The first-order chi connectivity index (χ1) is 9.70.